The van der Waals surface area contributed by atoms with Gasteiger partial charge in [0.05, 0.1) is 18.8 Å². The molecular formula is C23H32N4O2. The molecule has 0 radical (unpaired) electrons. The first-order chi connectivity index (χ1) is 14.1. The number of aromatic amines is 1. The topological polar surface area (TPSA) is 61.5 Å². The highest BCUT2D eigenvalue weighted by molar-refractivity contribution is 5.79. The van der Waals surface area contributed by atoms with Gasteiger partial charge in [-0.2, -0.15) is 5.10 Å². The lowest BCUT2D eigenvalue weighted by Crippen LogP contribution is -2.46. The van der Waals surface area contributed by atoms with Crippen molar-refractivity contribution in [2.45, 2.75) is 44.9 Å². The molecule has 2 fully saturated rings. The molecule has 2 aliphatic rings. The summed E-state index contributed by atoms with van der Waals surface area (Å²) in [5.41, 5.74) is 3.54. The zero-order chi connectivity index (χ0) is 20.2. The van der Waals surface area contributed by atoms with Gasteiger partial charge in [0, 0.05) is 37.7 Å². The highest BCUT2D eigenvalue weighted by atomic mass is 16.5. The number of benzene rings is 1. The van der Waals surface area contributed by atoms with E-state index in [2.05, 4.69) is 47.1 Å². The Balaban J connectivity index is 1.22. The molecule has 2 aromatic rings. The molecule has 1 aromatic carbocycles. The van der Waals surface area contributed by atoms with E-state index in [-0.39, 0.29) is 5.91 Å². The first-order valence-electron chi connectivity index (χ1n) is 10.9. The predicted molar refractivity (Wildman–Crippen MR) is 113 cm³/mol. The third-order valence-corrected chi connectivity index (χ3v) is 6.10. The van der Waals surface area contributed by atoms with E-state index >= 15 is 0 Å². The maximum absolute atomic E-state index is 12.2. The van der Waals surface area contributed by atoms with E-state index in [4.69, 9.17) is 4.74 Å². The van der Waals surface area contributed by atoms with Gasteiger partial charge < -0.3 is 9.64 Å². The average molecular weight is 397 g/mol. The molecule has 0 unspecified atom stereocenters. The molecule has 2 saturated heterocycles. The van der Waals surface area contributed by atoms with Gasteiger partial charge in [-0.1, -0.05) is 26.0 Å². The summed E-state index contributed by atoms with van der Waals surface area (Å²) in [4.78, 5) is 16.4. The Bertz CT molecular complexity index is 811. The number of carbonyl (C=O) groups is 1. The summed E-state index contributed by atoms with van der Waals surface area (Å²) in [5.74, 6) is 2.13. The molecule has 1 N–H and O–H groups in total. The van der Waals surface area contributed by atoms with E-state index in [9.17, 15) is 4.79 Å². The predicted octanol–water partition coefficient (Wildman–Crippen LogP) is 3.18. The summed E-state index contributed by atoms with van der Waals surface area (Å²) in [6, 6.07) is 10.5. The van der Waals surface area contributed by atoms with Gasteiger partial charge in [-0.3, -0.25) is 14.8 Å². The van der Waals surface area contributed by atoms with Crippen LogP contribution in [0, 0.1) is 0 Å². The number of amides is 1. The maximum atomic E-state index is 12.2. The van der Waals surface area contributed by atoms with Crippen molar-refractivity contribution in [3.8, 4) is 5.75 Å². The summed E-state index contributed by atoms with van der Waals surface area (Å²) in [7, 11) is 0. The van der Waals surface area contributed by atoms with Crippen LogP contribution in [0.15, 0.2) is 30.3 Å². The molecule has 6 heteroatoms. The van der Waals surface area contributed by atoms with Crippen LogP contribution in [0.3, 0.4) is 0 Å². The molecule has 29 heavy (non-hydrogen) atoms. The van der Waals surface area contributed by atoms with Crippen molar-refractivity contribution >= 4 is 5.91 Å². The van der Waals surface area contributed by atoms with Crippen molar-refractivity contribution in [1.29, 1.82) is 0 Å². The Kier molecular flexibility index (Phi) is 6.19. The van der Waals surface area contributed by atoms with Crippen LogP contribution in [0.25, 0.3) is 0 Å². The van der Waals surface area contributed by atoms with E-state index in [1.807, 2.05) is 17.0 Å². The Morgan fingerprint density at radius 2 is 2.03 bits per heavy atom. The molecule has 2 aliphatic heterocycles. The molecule has 0 saturated carbocycles. The summed E-state index contributed by atoms with van der Waals surface area (Å²) < 4.78 is 5.88. The lowest BCUT2D eigenvalue weighted by molar-refractivity contribution is -0.135. The number of likely N-dealkylation sites (tertiary alicyclic amines) is 2. The van der Waals surface area contributed by atoms with Crippen LogP contribution in [-0.2, 0) is 11.2 Å². The highest BCUT2D eigenvalue weighted by Gasteiger charge is 2.29. The molecule has 0 bridgehead atoms. The average Bonchev–Trinajstić information content (AvgIpc) is 3.30. The second kappa shape index (κ2) is 8.99. The normalized spacial score (nSPS) is 19.6. The first-order valence-corrected chi connectivity index (χ1v) is 10.9. The zero-order valence-electron chi connectivity index (χ0n) is 17.6. The van der Waals surface area contributed by atoms with Crippen molar-refractivity contribution in [2.75, 3.05) is 39.3 Å². The van der Waals surface area contributed by atoms with Gasteiger partial charge in [0.2, 0.25) is 5.91 Å². The number of carbonyl (C=O) groups excluding carboxylic acids is 1. The lowest BCUT2D eigenvalue weighted by atomic mass is 10.0. The second-order valence-corrected chi connectivity index (χ2v) is 8.60. The zero-order valence-corrected chi connectivity index (χ0v) is 17.6. The molecule has 1 atom stereocenters. The van der Waals surface area contributed by atoms with Crippen LogP contribution in [-0.4, -0.2) is 65.2 Å². The highest BCUT2D eigenvalue weighted by Crippen LogP contribution is 2.26. The minimum atomic E-state index is 0.276. The number of nitrogens with one attached hydrogen (secondary N) is 1. The van der Waals surface area contributed by atoms with Crippen molar-refractivity contribution < 1.29 is 9.53 Å². The van der Waals surface area contributed by atoms with Crippen molar-refractivity contribution in [3.05, 3.63) is 47.3 Å². The standard InChI is InChI=1S/C23H32N4O2/c1-17(2)18-4-6-21(7-5-18)29-13-9-20-14-22(25-24-20)19-8-12-26(15-19)16-23(28)27-10-3-11-27/h4-7,14,17,19H,3,8-13,15-16H2,1-2H3,(H,24,25)/t19-/m0/s1. The monoisotopic (exact) mass is 396 g/mol. The quantitative estimate of drug-likeness (QED) is 0.744. The molecule has 0 spiro atoms. The van der Waals surface area contributed by atoms with Crippen LogP contribution in [0.4, 0.5) is 0 Å². The summed E-state index contributed by atoms with van der Waals surface area (Å²) in [6.45, 7) is 9.33. The first kappa shape index (κ1) is 20.0. The van der Waals surface area contributed by atoms with E-state index in [0.717, 1.165) is 62.6 Å². The Labute approximate surface area is 173 Å². The molecule has 1 aromatic heterocycles. The number of H-pyrrole nitrogens is 1. The van der Waals surface area contributed by atoms with Gasteiger partial charge in [-0.25, -0.2) is 0 Å². The van der Waals surface area contributed by atoms with E-state index in [0.29, 0.717) is 25.0 Å². The SMILES string of the molecule is CC(C)c1ccc(OCCc2cc([C@H]3CCN(CC(=O)N4CCC4)C3)n[nH]2)cc1. The van der Waals surface area contributed by atoms with E-state index < -0.39 is 0 Å². The molecule has 1 amide bonds. The van der Waals surface area contributed by atoms with Crippen molar-refractivity contribution in [2.24, 2.45) is 0 Å². The minimum Gasteiger partial charge on any atom is -0.493 e. The number of hydrogen-bond donors (Lipinski definition) is 1. The Morgan fingerprint density at radius 3 is 2.72 bits per heavy atom. The van der Waals surface area contributed by atoms with Crippen LogP contribution in [0.1, 0.15) is 55.5 Å². The molecule has 4 rings (SSSR count). The van der Waals surface area contributed by atoms with Crippen LogP contribution < -0.4 is 4.74 Å². The number of ether oxygens (including phenoxy) is 1. The van der Waals surface area contributed by atoms with Crippen LogP contribution in [0.5, 0.6) is 5.75 Å². The minimum absolute atomic E-state index is 0.276. The number of hydrogen-bond acceptors (Lipinski definition) is 4. The molecule has 0 aliphatic carbocycles. The van der Waals surface area contributed by atoms with Gasteiger partial charge in [0.15, 0.2) is 0 Å². The third-order valence-electron chi connectivity index (χ3n) is 6.10. The van der Waals surface area contributed by atoms with Gasteiger partial charge in [-0.05, 0) is 49.1 Å². The summed E-state index contributed by atoms with van der Waals surface area (Å²) in [6.07, 6.45) is 3.02. The van der Waals surface area contributed by atoms with Crippen molar-refractivity contribution in [3.63, 3.8) is 0 Å². The van der Waals surface area contributed by atoms with Crippen molar-refractivity contribution in [1.82, 2.24) is 20.0 Å². The van der Waals surface area contributed by atoms with Gasteiger partial charge in [0.25, 0.3) is 0 Å². The van der Waals surface area contributed by atoms with Gasteiger partial charge in [-0.15, -0.1) is 0 Å². The van der Waals surface area contributed by atoms with Crippen LogP contribution in [0.2, 0.25) is 0 Å². The number of rotatable bonds is 8. The molecule has 3 heterocycles. The Morgan fingerprint density at radius 1 is 1.24 bits per heavy atom. The van der Waals surface area contributed by atoms with E-state index in [1.165, 1.54) is 5.56 Å². The lowest BCUT2D eigenvalue weighted by Gasteiger charge is -2.32. The molecular weight excluding hydrogens is 364 g/mol. The largest absolute Gasteiger partial charge is 0.493 e. The smallest absolute Gasteiger partial charge is 0.236 e. The number of nitrogens with zero attached hydrogens (tertiary/aromatic N) is 3. The van der Waals surface area contributed by atoms with Gasteiger partial charge >= 0.3 is 0 Å². The fourth-order valence-electron chi connectivity index (χ4n) is 4.02. The molecule has 6 nitrogen and oxygen atoms in total. The summed E-state index contributed by atoms with van der Waals surface area (Å²) >= 11 is 0. The fourth-order valence-corrected chi connectivity index (χ4v) is 4.02. The van der Waals surface area contributed by atoms with Crippen LogP contribution >= 0.6 is 0 Å². The second-order valence-electron chi connectivity index (χ2n) is 8.60. The molecule has 156 valence electrons. The third kappa shape index (κ3) is 4.99. The summed E-state index contributed by atoms with van der Waals surface area (Å²) in [5, 5.41) is 7.69. The number of aromatic nitrogens is 2. The fraction of sp³-hybridized carbons (Fsp3) is 0.565. The maximum Gasteiger partial charge on any atom is 0.236 e. The van der Waals surface area contributed by atoms with E-state index in [1.54, 1.807) is 0 Å². The van der Waals surface area contributed by atoms with Gasteiger partial charge in [0.1, 0.15) is 5.75 Å². The Hall–Kier alpha value is -2.34.